The molecule has 4 nitrogen and oxygen atoms in total. The zero-order valence-electron chi connectivity index (χ0n) is 11.9. The summed E-state index contributed by atoms with van der Waals surface area (Å²) in [6, 6.07) is 18.3. The molecule has 0 aliphatic rings. The second-order valence-electron chi connectivity index (χ2n) is 4.83. The number of carbonyl (C=O) groups excluding carboxylic acids is 2. The molecule has 0 aromatic heterocycles. The Balaban J connectivity index is 1.84. The molecular weight excluding hydrogens is 264 g/mol. The van der Waals surface area contributed by atoms with Gasteiger partial charge in [-0.3, -0.25) is 14.9 Å². The van der Waals surface area contributed by atoms with E-state index in [1.54, 1.807) is 31.2 Å². The first kappa shape index (κ1) is 14.8. The van der Waals surface area contributed by atoms with Crippen molar-refractivity contribution in [1.82, 2.24) is 5.32 Å². The maximum absolute atomic E-state index is 12.0. The topological polar surface area (TPSA) is 58.2 Å². The minimum atomic E-state index is -0.368. The van der Waals surface area contributed by atoms with Gasteiger partial charge in [0.1, 0.15) is 0 Å². The van der Waals surface area contributed by atoms with Crippen LogP contribution in [-0.4, -0.2) is 18.4 Å². The Labute approximate surface area is 124 Å². The van der Waals surface area contributed by atoms with Crippen molar-refractivity contribution in [3.05, 3.63) is 66.2 Å². The molecule has 2 rings (SSSR count). The van der Waals surface area contributed by atoms with Gasteiger partial charge in [0.15, 0.2) is 0 Å². The van der Waals surface area contributed by atoms with E-state index in [1.807, 2.05) is 36.4 Å². The molecule has 2 N–H and O–H groups in total. The third-order valence-corrected chi connectivity index (χ3v) is 3.11. The van der Waals surface area contributed by atoms with Crippen molar-refractivity contribution in [1.29, 1.82) is 0 Å². The Hall–Kier alpha value is -2.62. The molecule has 21 heavy (non-hydrogen) atoms. The number of nitrogens with one attached hydrogen (secondary N) is 2. The number of hydrogen-bond acceptors (Lipinski definition) is 3. The third-order valence-electron chi connectivity index (χ3n) is 3.11. The highest BCUT2D eigenvalue weighted by molar-refractivity contribution is 6.05. The van der Waals surface area contributed by atoms with Crippen LogP contribution in [0.4, 0.5) is 5.69 Å². The fourth-order valence-electron chi connectivity index (χ4n) is 1.82. The second-order valence-corrected chi connectivity index (χ2v) is 4.83. The fraction of sp³-hybridized carbons (Fsp3) is 0.176. The van der Waals surface area contributed by atoms with Crippen LogP contribution in [-0.2, 0) is 4.79 Å². The molecule has 0 radical (unpaired) electrons. The van der Waals surface area contributed by atoms with Crippen molar-refractivity contribution in [3.63, 3.8) is 0 Å². The predicted octanol–water partition coefficient (Wildman–Crippen LogP) is 2.69. The van der Waals surface area contributed by atoms with Gasteiger partial charge in [-0.25, -0.2) is 0 Å². The second kappa shape index (κ2) is 7.24. The highest BCUT2D eigenvalue weighted by Gasteiger charge is 2.16. The smallest absolute Gasteiger partial charge is 0.257 e. The number of imide groups is 1. The Morgan fingerprint density at radius 1 is 0.952 bits per heavy atom. The average Bonchev–Trinajstić information content (AvgIpc) is 2.54. The lowest BCUT2D eigenvalue weighted by molar-refractivity contribution is -0.123. The van der Waals surface area contributed by atoms with Gasteiger partial charge in [0.05, 0.1) is 5.92 Å². The summed E-state index contributed by atoms with van der Waals surface area (Å²) in [5.74, 6) is -0.961. The van der Waals surface area contributed by atoms with E-state index in [4.69, 9.17) is 0 Å². The number of rotatable bonds is 5. The van der Waals surface area contributed by atoms with E-state index in [0.29, 0.717) is 12.1 Å². The zero-order valence-corrected chi connectivity index (χ0v) is 11.9. The maximum Gasteiger partial charge on any atom is 0.257 e. The van der Waals surface area contributed by atoms with Crippen LogP contribution in [0.3, 0.4) is 0 Å². The zero-order chi connectivity index (χ0) is 15.1. The van der Waals surface area contributed by atoms with Crippen LogP contribution in [0, 0.1) is 5.92 Å². The summed E-state index contributed by atoms with van der Waals surface area (Å²) in [4.78, 5) is 23.9. The minimum Gasteiger partial charge on any atom is -0.384 e. The van der Waals surface area contributed by atoms with Gasteiger partial charge in [-0.15, -0.1) is 0 Å². The minimum absolute atomic E-state index is 0.285. The number of carbonyl (C=O) groups is 2. The van der Waals surface area contributed by atoms with Crippen LogP contribution in [0.2, 0.25) is 0 Å². The van der Waals surface area contributed by atoms with Gasteiger partial charge in [-0.05, 0) is 24.3 Å². The lowest BCUT2D eigenvalue weighted by Gasteiger charge is -2.13. The van der Waals surface area contributed by atoms with E-state index in [2.05, 4.69) is 10.6 Å². The van der Waals surface area contributed by atoms with Crippen LogP contribution in [0.25, 0.3) is 0 Å². The van der Waals surface area contributed by atoms with Crippen LogP contribution in [0.5, 0.6) is 0 Å². The van der Waals surface area contributed by atoms with Crippen molar-refractivity contribution in [2.45, 2.75) is 6.92 Å². The molecule has 2 amide bonds. The first-order chi connectivity index (χ1) is 10.2. The standard InChI is InChI=1S/C17H18N2O2/c1-13(12-18-15-10-6-3-7-11-15)16(20)19-17(21)14-8-4-2-5-9-14/h2-11,13,18H,12H2,1H3,(H,19,20,21)/t13-/m0/s1. The Bertz CT molecular complexity index is 597. The van der Waals surface area contributed by atoms with Crippen LogP contribution < -0.4 is 10.6 Å². The van der Waals surface area contributed by atoms with Crippen molar-refractivity contribution in [2.24, 2.45) is 5.92 Å². The highest BCUT2D eigenvalue weighted by atomic mass is 16.2. The molecule has 1 atom stereocenters. The van der Waals surface area contributed by atoms with Crippen molar-refractivity contribution >= 4 is 17.5 Å². The fourth-order valence-corrected chi connectivity index (χ4v) is 1.82. The number of benzene rings is 2. The summed E-state index contributed by atoms with van der Waals surface area (Å²) in [6.45, 7) is 2.25. The molecule has 0 bridgehead atoms. The first-order valence-corrected chi connectivity index (χ1v) is 6.86. The monoisotopic (exact) mass is 282 g/mol. The average molecular weight is 282 g/mol. The maximum atomic E-state index is 12.0. The molecule has 108 valence electrons. The molecule has 4 heteroatoms. The van der Waals surface area contributed by atoms with E-state index in [1.165, 1.54) is 0 Å². The molecule has 0 aliphatic heterocycles. The van der Waals surface area contributed by atoms with Crippen LogP contribution >= 0.6 is 0 Å². The molecule has 2 aromatic rings. The first-order valence-electron chi connectivity index (χ1n) is 6.86. The van der Waals surface area contributed by atoms with E-state index in [0.717, 1.165) is 5.69 Å². The largest absolute Gasteiger partial charge is 0.384 e. The summed E-state index contributed by atoms with van der Waals surface area (Å²) in [5, 5.41) is 5.58. The van der Waals surface area contributed by atoms with Gasteiger partial charge in [0, 0.05) is 17.8 Å². The predicted molar refractivity (Wildman–Crippen MR) is 83.0 cm³/mol. The summed E-state index contributed by atoms with van der Waals surface area (Å²) in [6.07, 6.45) is 0. The van der Waals surface area contributed by atoms with E-state index in [9.17, 15) is 9.59 Å². The Kier molecular flexibility index (Phi) is 5.10. The molecule has 0 aliphatic carbocycles. The van der Waals surface area contributed by atoms with Gasteiger partial charge < -0.3 is 5.32 Å². The summed E-state index contributed by atoms with van der Waals surface area (Å²) in [7, 11) is 0. The molecular formula is C17H18N2O2. The normalized spacial score (nSPS) is 11.5. The Morgan fingerprint density at radius 3 is 2.14 bits per heavy atom. The highest BCUT2D eigenvalue weighted by Crippen LogP contribution is 2.07. The molecule has 2 aromatic carbocycles. The van der Waals surface area contributed by atoms with E-state index in [-0.39, 0.29) is 17.7 Å². The molecule has 0 spiro atoms. The van der Waals surface area contributed by atoms with Gasteiger partial charge in [-0.1, -0.05) is 43.3 Å². The lowest BCUT2D eigenvalue weighted by Crippen LogP contribution is -2.37. The molecule has 0 fully saturated rings. The van der Waals surface area contributed by atoms with Crippen molar-refractivity contribution in [3.8, 4) is 0 Å². The van der Waals surface area contributed by atoms with Crippen molar-refractivity contribution in [2.75, 3.05) is 11.9 Å². The van der Waals surface area contributed by atoms with Crippen LogP contribution in [0.1, 0.15) is 17.3 Å². The third kappa shape index (κ3) is 4.45. The summed E-state index contributed by atoms with van der Waals surface area (Å²) >= 11 is 0. The van der Waals surface area contributed by atoms with Gasteiger partial charge in [-0.2, -0.15) is 0 Å². The number of anilines is 1. The number of para-hydroxylation sites is 1. The number of amides is 2. The van der Waals surface area contributed by atoms with Gasteiger partial charge in [0.2, 0.25) is 5.91 Å². The summed E-state index contributed by atoms with van der Waals surface area (Å²) in [5.41, 5.74) is 1.43. The van der Waals surface area contributed by atoms with Gasteiger partial charge >= 0.3 is 0 Å². The lowest BCUT2D eigenvalue weighted by atomic mass is 10.1. The number of hydrogen-bond donors (Lipinski definition) is 2. The van der Waals surface area contributed by atoms with Crippen LogP contribution in [0.15, 0.2) is 60.7 Å². The summed E-state index contributed by atoms with van der Waals surface area (Å²) < 4.78 is 0. The molecule has 0 heterocycles. The van der Waals surface area contributed by atoms with Gasteiger partial charge in [0.25, 0.3) is 5.91 Å². The molecule has 0 saturated heterocycles. The molecule has 0 unspecified atom stereocenters. The van der Waals surface area contributed by atoms with E-state index < -0.39 is 0 Å². The Morgan fingerprint density at radius 2 is 1.52 bits per heavy atom. The SMILES string of the molecule is C[C@@H](CNc1ccccc1)C(=O)NC(=O)c1ccccc1. The van der Waals surface area contributed by atoms with E-state index >= 15 is 0 Å². The molecule has 0 saturated carbocycles. The van der Waals surface area contributed by atoms with Crippen molar-refractivity contribution < 1.29 is 9.59 Å². The quantitative estimate of drug-likeness (QED) is 0.886.